The summed E-state index contributed by atoms with van der Waals surface area (Å²) >= 11 is 0. The molecule has 0 radical (unpaired) electrons. The topological polar surface area (TPSA) is 52.3 Å². The molecule has 3 aromatic carbocycles. The highest BCUT2D eigenvalue weighted by atomic mass is 28.3. The highest BCUT2D eigenvalue weighted by Crippen LogP contribution is 2.13. The molecule has 2 N–H and O–H groups in total. The van der Waals surface area contributed by atoms with Gasteiger partial charge in [0, 0.05) is 0 Å². The number of hydrogen-bond donors (Lipinski definition) is 1. The van der Waals surface area contributed by atoms with Crippen LogP contribution in [0.2, 0.25) is 6.04 Å². The van der Waals surface area contributed by atoms with Crippen molar-refractivity contribution >= 4 is 29.7 Å². The maximum Gasteiger partial charge on any atom is 0.404 e. The largest absolute Gasteiger partial charge is 0.450 e. The molecule has 25 heavy (non-hydrogen) atoms. The van der Waals surface area contributed by atoms with Crippen LogP contribution in [-0.2, 0) is 4.74 Å². The van der Waals surface area contributed by atoms with Crippen LogP contribution < -0.4 is 21.3 Å². The first-order chi connectivity index (χ1) is 12.2. The van der Waals surface area contributed by atoms with Crippen molar-refractivity contribution in [3.63, 3.8) is 0 Å². The predicted octanol–water partition coefficient (Wildman–Crippen LogP) is 2.25. The Balaban J connectivity index is 2.18. The summed E-state index contributed by atoms with van der Waals surface area (Å²) in [5, 5.41) is 3.88. The molecule has 0 heterocycles. The molecule has 0 fully saturated rings. The summed E-state index contributed by atoms with van der Waals surface area (Å²) in [7, 11) is -2.32. The molecule has 3 rings (SSSR count). The number of carbonyl (C=O) groups excluding carboxylic acids is 1. The molecule has 0 saturated heterocycles. The first-order valence-electron chi connectivity index (χ1n) is 8.32. The molecule has 0 aromatic heterocycles. The van der Waals surface area contributed by atoms with Gasteiger partial charge in [0.15, 0.2) is 8.07 Å². The molecular weight excluding hydrogens is 326 g/mol. The third-order valence-corrected chi connectivity index (χ3v) is 9.43. The molecule has 0 unspecified atom stereocenters. The van der Waals surface area contributed by atoms with Crippen molar-refractivity contribution < 1.29 is 9.53 Å². The number of amides is 1. The number of rotatable bonds is 6. The van der Waals surface area contributed by atoms with Crippen molar-refractivity contribution in [3.05, 3.63) is 91.0 Å². The van der Waals surface area contributed by atoms with Gasteiger partial charge < -0.3 is 10.5 Å². The maximum atomic E-state index is 11.1. The minimum atomic E-state index is -2.32. The van der Waals surface area contributed by atoms with Gasteiger partial charge in [0.1, 0.15) is 0 Å². The zero-order valence-electron chi connectivity index (χ0n) is 14.0. The van der Waals surface area contributed by atoms with Gasteiger partial charge in [-0.1, -0.05) is 91.0 Å². The lowest BCUT2D eigenvalue weighted by Crippen LogP contribution is -2.67. The van der Waals surface area contributed by atoms with Crippen LogP contribution >= 0.6 is 0 Å². The predicted molar refractivity (Wildman–Crippen MR) is 104 cm³/mol. The van der Waals surface area contributed by atoms with Gasteiger partial charge in [-0.3, -0.25) is 0 Å². The van der Waals surface area contributed by atoms with Crippen molar-refractivity contribution in [2.75, 3.05) is 6.61 Å². The van der Waals surface area contributed by atoms with E-state index in [1.54, 1.807) is 0 Å². The van der Waals surface area contributed by atoms with E-state index in [2.05, 4.69) is 72.8 Å². The summed E-state index contributed by atoms with van der Waals surface area (Å²) in [6.45, 7) is 0.306. The van der Waals surface area contributed by atoms with Crippen LogP contribution in [0, 0.1) is 0 Å². The van der Waals surface area contributed by atoms with E-state index in [9.17, 15) is 4.79 Å². The molecule has 0 atom stereocenters. The summed E-state index contributed by atoms with van der Waals surface area (Å²) in [5.41, 5.74) is 5.19. The fourth-order valence-corrected chi connectivity index (χ4v) is 7.96. The summed E-state index contributed by atoms with van der Waals surface area (Å²) in [6, 6.07) is 32.3. The van der Waals surface area contributed by atoms with Gasteiger partial charge in [-0.15, -0.1) is 0 Å². The second-order valence-electron chi connectivity index (χ2n) is 5.92. The average Bonchev–Trinajstić information content (AvgIpc) is 2.67. The standard InChI is InChI=1S/C21H21NO2Si/c22-21(23)24-16-17-25(18-10-4-1-5-11-18,19-12-6-2-7-13-19)20-14-8-3-9-15-20/h1-15H,16-17H2,(H2,22,23). The second kappa shape index (κ2) is 7.81. The molecule has 0 aliphatic carbocycles. The van der Waals surface area contributed by atoms with Crippen LogP contribution in [-0.4, -0.2) is 20.8 Å². The Bertz CT molecular complexity index is 710. The Labute approximate surface area is 149 Å². The Morgan fingerprint density at radius 3 is 1.40 bits per heavy atom. The van der Waals surface area contributed by atoms with Gasteiger partial charge in [-0.05, 0) is 21.6 Å². The molecule has 1 amide bonds. The van der Waals surface area contributed by atoms with E-state index in [4.69, 9.17) is 10.5 Å². The van der Waals surface area contributed by atoms with Crippen LogP contribution in [0.15, 0.2) is 91.0 Å². The molecule has 0 spiro atoms. The first-order valence-corrected chi connectivity index (χ1v) is 10.5. The SMILES string of the molecule is NC(=O)OCC[Si](c1ccccc1)(c1ccccc1)c1ccccc1. The minimum absolute atomic E-state index is 0.306. The van der Waals surface area contributed by atoms with E-state index < -0.39 is 14.2 Å². The van der Waals surface area contributed by atoms with Gasteiger partial charge in [0.05, 0.1) is 6.61 Å². The normalized spacial score (nSPS) is 11.0. The summed E-state index contributed by atoms with van der Waals surface area (Å²) in [6.07, 6.45) is -0.725. The third-order valence-electron chi connectivity index (χ3n) is 4.52. The second-order valence-corrected chi connectivity index (χ2v) is 9.96. The van der Waals surface area contributed by atoms with Crippen molar-refractivity contribution in [1.82, 2.24) is 0 Å². The Kier molecular flexibility index (Phi) is 5.31. The van der Waals surface area contributed by atoms with Crippen LogP contribution in [0.3, 0.4) is 0 Å². The summed E-state index contributed by atoms with van der Waals surface area (Å²) < 4.78 is 5.14. The number of ether oxygens (including phenoxy) is 1. The molecule has 0 aliphatic rings. The van der Waals surface area contributed by atoms with Crippen molar-refractivity contribution in [2.45, 2.75) is 6.04 Å². The van der Waals surface area contributed by atoms with Crippen molar-refractivity contribution in [1.29, 1.82) is 0 Å². The third kappa shape index (κ3) is 3.64. The van der Waals surface area contributed by atoms with Gasteiger partial charge in [-0.2, -0.15) is 0 Å². The van der Waals surface area contributed by atoms with Gasteiger partial charge in [0.2, 0.25) is 0 Å². The van der Waals surface area contributed by atoms with E-state index in [-0.39, 0.29) is 0 Å². The average molecular weight is 347 g/mol. The lowest BCUT2D eigenvalue weighted by Gasteiger charge is -2.33. The fraction of sp³-hybridized carbons (Fsp3) is 0.0952. The van der Waals surface area contributed by atoms with Crippen molar-refractivity contribution in [3.8, 4) is 0 Å². The molecular formula is C21H21NO2Si. The lowest BCUT2D eigenvalue weighted by molar-refractivity contribution is 0.163. The molecule has 0 aliphatic heterocycles. The minimum Gasteiger partial charge on any atom is -0.450 e. The Hall–Kier alpha value is -2.85. The maximum absolute atomic E-state index is 11.1. The Morgan fingerprint density at radius 2 is 1.08 bits per heavy atom. The number of carbonyl (C=O) groups is 1. The highest BCUT2D eigenvalue weighted by molar-refractivity contribution is 7.11. The molecule has 3 nitrogen and oxygen atoms in total. The first kappa shape index (κ1) is 17.0. The zero-order valence-corrected chi connectivity index (χ0v) is 15.0. The van der Waals surface area contributed by atoms with Gasteiger partial charge in [0.25, 0.3) is 0 Å². The lowest BCUT2D eigenvalue weighted by atomic mass is 10.3. The number of primary amides is 1. The molecule has 4 heteroatoms. The van der Waals surface area contributed by atoms with Crippen molar-refractivity contribution in [2.24, 2.45) is 5.73 Å². The molecule has 0 saturated carbocycles. The molecule has 126 valence electrons. The molecule has 3 aromatic rings. The van der Waals surface area contributed by atoms with E-state index in [1.807, 2.05) is 18.2 Å². The Morgan fingerprint density at radius 1 is 0.720 bits per heavy atom. The number of hydrogen-bond acceptors (Lipinski definition) is 2. The highest BCUT2D eigenvalue weighted by Gasteiger charge is 2.39. The quantitative estimate of drug-likeness (QED) is 0.549. The zero-order chi connectivity index (χ0) is 17.5. The van der Waals surface area contributed by atoms with Crippen LogP contribution in [0.1, 0.15) is 0 Å². The van der Waals surface area contributed by atoms with E-state index in [1.165, 1.54) is 15.6 Å². The van der Waals surface area contributed by atoms with E-state index >= 15 is 0 Å². The fourth-order valence-electron chi connectivity index (χ4n) is 3.41. The number of benzene rings is 3. The van der Waals surface area contributed by atoms with Gasteiger partial charge >= 0.3 is 6.09 Å². The van der Waals surface area contributed by atoms with Gasteiger partial charge in [-0.25, -0.2) is 4.79 Å². The summed E-state index contributed by atoms with van der Waals surface area (Å²) in [5.74, 6) is 0. The smallest absolute Gasteiger partial charge is 0.404 e. The van der Waals surface area contributed by atoms with Crippen LogP contribution in [0.25, 0.3) is 0 Å². The van der Waals surface area contributed by atoms with Crippen LogP contribution in [0.5, 0.6) is 0 Å². The van der Waals surface area contributed by atoms with E-state index in [0.29, 0.717) is 6.61 Å². The summed E-state index contributed by atoms with van der Waals surface area (Å²) in [4.78, 5) is 11.1. The van der Waals surface area contributed by atoms with Crippen LogP contribution in [0.4, 0.5) is 4.79 Å². The molecule has 0 bridgehead atoms. The van der Waals surface area contributed by atoms with E-state index in [0.717, 1.165) is 6.04 Å². The number of nitrogens with two attached hydrogens (primary N) is 1. The monoisotopic (exact) mass is 347 g/mol.